The summed E-state index contributed by atoms with van der Waals surface area (Å²) in [7, 11) is 2.08. The van der Waals surface area contributed by atoms with Crippen LogP contribution in [0.25, 0.3) is 11.1 Å². The Kier molecular flexibility index (Phi) is 5.72. The van der Waals surface area contributed by atoms with Crippen molar-refractivity contribution in [2.45, 2.75) is 43.6 Å². The van der Waals surface area contributed by atoms with E-state index in [0.29, 0.717) is 12.6 Å². The average Bonchev–Trinajstić information content (AvgIpc) is 2.62. The van der Waals surface area contributed by atoms with Crippen LogP contribution in [0.1, 0.15) is 31.2 Å². The number of phenols is 1. The van der Waals surface area contributed by atoms with E-state index < -0.39 is 5.79 Å². The van der Waals surface area contributed by atoms with Gasteiger partial charge in [0.25, 0.3) is 0 Å². The summed E-state index contributed by atoms with van der Waals surface area (Å²) in [6.45, 7) is 0.493. The molecule has 1 saturated heterocycles. The molecule has 0 bridgehead atoms. The first-order valence-corrected chi connectivity index (χ1v) is 9.05. The fraction of sp³-hybridized carbons (Fsp3) is 0.429. The highest BCUT2D eigenvalue weighted by Crippen LogP contribution is 2.38. The first-order valence-electron chi connectivity index (χ1n) is 9.05. The van der Waals surface area contributed by atoms with Gasteiger partial charge in [0.15, 0.2) is 0 Å². The summed E-state index contributed by atoms with van der Waals surface area (Å²) in [6, 6.07) is 15.4. The van der Waals surface area contributed by atoms with Gasteiger partial charge in [-0.05, 0) is 43.1 Å². The normalized spacial score (nSPS) is 28.8. The number of ether oxygens (including phenoxy) is 1. The van der Waals surface area contributed by atoms with Crippen molar-refractivity contribution >= 4 is 17.0 Å². The number of halogens is 1. The van der Waals surface area contributed by atoms with Gasteiger partial charge in [-0.2, -0.15) is 0 Å². The largest absolute Gasteiger partial charge is 0.508 e. The summed E-state index contributed by atoms with van der Waals surface area (Å²) >= 11 is 0. The van der Waals surface area contributed by atoms with Crippen LogP contribution in [0, 0.1) is 0 Å². The van der Waals surface area contributed by atoms with Gasteiger partial charge in [-0.15, -0.1) is 17.0 Å². The molecule has 2 N–H and O–H groups in total. The van der Waals surface area contributed by atoms with E-state index in [9.17, 15) is 10.2 Å². The topological polar surface area (TPSA) is 52.9 Å². The lowest BCUT2D eigenvalue weighted by molar-refractivity contribution is -0.293. The van der Waals surface area contributed by atoms with Crippen molar-refractivity contribution < 1.29 is 14.9 Å². The minimum Gasteiger partial charge on any atom is -0.508 e. The van der Waals surface area contributed by atoms with Gasteiger partial charge in [0.1, 0.15) is 5.75 Å². The van der Waals surface area contributed by atoms with Crippen LogP contribution in [-0.4, -0.2) is 40.9 Å². The van der Waals surface area contributed by atoms with Crippen LogP contribution in [0.4, 0.5) is 0 Å². The van der Waals surface area contributed by atoms with Crippen molar-refractivity contribution in [3.8, 4) is 16.9 Å². The maximum atomic E-state index is 11.2. The molecular weight excluding hydrogens is 394 g/mol. The van der Waals surface area contributed by atoms with Crippen molar-refractivity contribution in [2.75, 3.05) is 13.6 Å². The number of nitrogens with zero attached hydrogens (tertiary/aromatic N) is 1. The summed E-state index contributed by atoms with van der Waals surface area (Å²) in [5.74, 6) is -0.990. The number of β-amino-alcohol motifs (C(OH)–C–C–N with tert-alkyl or cyclic N) is 1. The third kappa shape index (κ3) is 3.67. The molecule has 0 spiro atoms. The van der Waals surface area contributed by atoms with Crippen molar-refractivity contribution in [3.05, 3.63) is 54.1 Å². The Hall–Kier alpha value is -1.40. The second kappa shape index (κ2) is 7.69. The smallest absolute Gasteiger partial charge is 0.205 e. The third-order valence-electron chi connectivity index (χ3n) is 5.58. The number of aliphatic hydroxyl groups is 1. The molecule has 2 aliphatic rings. The monoisotopic (exact) mass is 419 g/mol. The number of likely N-dealkylation sites (N-methyl/N-ethyl adjacent to an activating group) is 1. The van der Waals surface area contributed by atoms with Crippen molar-refractivity contribution in [3.63, 3.8) is 0 Å². The lowest BCUT2D eigenvalue weighted by Gasteiger charge is -2.49. The second-order valence-corrected chi connectivity index (χ2v) is 7.33. The summed E-state index contributed by atoms with van der Waals surface area (Å²) in [6.07, 6.45) is 4.69. The van der Waals surface area contributed by atoms with E-state index in [1.165, 1.54) is 12.8 Å². The predicted octanol–water partition coefficient (Wildman–Crippen LogP) is 4.06. The van der Waals surface area contributed by atoms with Crippen LogP contribution in [0.2, 0.25) is 0 Å². The molecule has 1 aliphatic carbocycles. The van der Waals surface area contributed by atoms with E-state index in [1.807, 2.05) is 36.4 Å². The SMILES string of the molecule is Br.CN1CC(O)(c2ccc(-c3ccc(O)cc3)cc2)OC2CCCCC21. The number of hydrogen-bond donors (Lipinski definition) is 2. The van der Waals surface area contributed by atoms with Crippen LogP contribution < -0.4 is 0 Å². The van der Waals surface area contributed by atoms with Crippen LogP contribution in [-0.2, 0) is 10.5 Å². The first-order chi connectivity index (χ1) is 12.0. The summed E-state index contributed by atoms with van der Waals surface area (Å²) in [5, 5.41) is 20.6. The Morgan fingerprint density at radius 3 is 2.19 bits per heavy atom. The molecule has 4 rings (SSSR count). The Morgan fingerprint density at radius 1 is 0.962 bits per heavy atom. The van der Waals surface area contributed by atoms with Gasteiger partial charge >= 0.3 is 0 Å². The van der Waals surface area contributed by atoms with Crippen LogP contribution in [0.15, 0.2) is 48.5 Å². The van der Waals surface area contributed by atoms with Crippen molar-refractivity contribution in [2.24, 2.45) is 0 Å². The fourth-order valence-corrected chi connectivity index (χ4v) is 4.20. The van der Waals surface area contributed by atoms with Crippen LogP contribution >= 0.6 is 17.0 Å². The van der Waals surface area contributed by atoms with Gasteiger partial charge in [-0.25, -0.2) is 0 Å². The van der Waals surface area contributed by atoms with E-state index in [4.69, 9.17) is 4.74 Å². The van der Waals surface area contributed by atoms with Gasteiger partial charge in [0, 0.05) is 11.6 Å². The number of fused-ring (bicyclic) bond motifs is 1. The zero-order valence-corrected chi connectivity index (χ0v) is 16.7. The van der Waals surface area contributed by atoms with Gasteiger partial charge in [0.2, 0.25) is 5.79 Å². The van der Waals surface area contributed by atoms with Crippen molar-refractivity contribution in [1.29, 1.82) is 0 Å². The van der Waals surface area contributed by atoms with E-state index in [1.54, 1.807) is 12.1 Å². The molecule has 3 unspecified atom stereocenters. The van der Waals surface area contributed by atoms with Gasteiger partial charge in [-0.3, -0.25) is 4.90 Å². The molecule has 0 radical (unpaired) electrons. The summed E-state index contributed by atoms with van der Waals surface area (Å²) in [4.78, 5) is 2.25. The Morgan fingerprint density at radius 2 is 1.54 bits per heavy atom. The standard InChI is InChI=1S/C21H25NO3.BrH/c1-22-14-21(24,25-20-5-3-2-4-19(20)22)17-10-6-15(7-11-17)16-8-12-18(23)13-9-16;/h6-13,19-20,23-24H,2-5,14H2,1H3;1H. The Bertz CT molecular complexity index is 734. The van der Waals surface area contributed by atoms with Gasteiger partial charge < -0.3 is 14.9 Å². The Balaban J connectivity index is 0.00000196. The lowest BCUT2D eigenvalue weighted by Crippen LogP contribution is -2.58. The zero-order chi connectivity index (χ0) is 17.4. The first kappa shape index (κ1) is 19.4. The quantitative estimate of drug-likeness (QED) is 0.770. The molecule has 1 heterocycles. The number of phenolic OH excluding ortho intramolecular Hbond substituents is 1. The molecule has 0 aromatic heterocycles. The van der Waals surface area contributed by atoms with Crippen molar-refractivity contribution in [1.82, 2.24) is 4.90 Å². The molecule has 2 aromatic carbocycles. The number of morpholine rings is 1. The highest BCUT2D eigenvalue weighted by atomic mass is 79.9. The van der Waals surface area contributed by atoms with E-state index in [-0.39, 0.29) is 28.8 Å². The third-order valence-corrected chi connectivity index (χ3v) is 5.58. The molecule has 5 heteroatoms. The molecular formula is C21H26BrNO3. The minimum absolute atomic E-state index is 0. The zero-order valence-electron chi connectivity index (χ0n) is 15.0. The molecule has 26 heavy (non-hydrogen) atoms. The fourth-order valence-electron chi connectivity index (χ4n) is 4.20. The average molecular weight is 420 g/mol. The molecule has 3 atom stereocenters. The highest BCUT2D eigenvalue weighted by Gasteiger charge is 2.45. The lowest BCUT2D eigenvalue weighted by atomic mass is 9.88. The van der Waals surface area contributed by atoms with E-state index in [2.05, 4.69) is 11.9 Å². The molecule has 0 amide bonds. The summed E-state index contributed by atoms with van der Waals surface area (Å²) in [5.41, 5.74) is 2.88. The number of aromatic hydroxyl groups is 1. The molecule has 1 aliphatic heterocycles. The highest BCUT2D eigenvalue weighted by molar-refractivity contribution is 8.93. The summed E-state index contributed by atoms with van der Waals surface area (Å²) < 4.78 is 6.18. The van der Waals surface area contributed by atoms with Gasteiger partial charge in [0.05, 0.1) is 12.6 Å². The second-order valence-electron chi connectivity index (χ2n) is 7.33. The predicted molar refractivity (Wildman–Crippen MR) is 108 cm³/mol. The minimum atomic E-state index is -1.25. The maximum absolute atomic E-state index is 11.2. The molecule has 140 valence electrons. The number of benzene rings is 2. The van der Waals surface area contributed by atoms with Crippen LogP contribution in [0.5, 0.6) is 5.75 Å². The van der Waals surface area contributed by atoms with E-state index >= 15 is 0 Å². The Labute approximate surface area is 165 Å². The molecule has 4 nitrogen and oxygen atoms in total. The molecule has 2 aromatic rings. The number of hydrogen-bond acceptors (Lipinski definition) is 4. The van der Waals surface area contributed by atoms with Gasteiger partial charge in [-0.1, -0.05) is 49.2 Å². The number of rotatable bonds is 2. The van der Waals surface area contributed by atoms with E-state index in [0.717, 1.165) is 29.5 Å². The maximum Gasteiger partial charge on any atom is 0.205 e. The molecule has 1 saturated carbocycles. The van der Waals surface area contributed by atoms with Crippen LogP contribution in [0.3, 0.4) is 0 Å². The molecule has 2 fully saturated rings.